The van der Waals surface area contributed by atoms with Gasteiger partial charge in [-0.3, -0.25) is 9.69 Å². The smallest absolute Gasteiger partial charge is 0.325 e. The number of hydrogen-bond acceptors (Lipinski definition) is 6. The molecule has 1 atom stereocenters. The first-order valence-electron chi connectivity index (χ1n) is 7.47. The maximum absolute atomic E-state index is 12.6. The first kappa shape index (κ1) is 17.0. The van der Waals surface area contributed by atoms with Crippen molar-refractivity contribution in [2.24, 2.45) is 0 Å². The molecule has 1 saturated heterocycles. The van der Waals surface area contributed by atoms with Crippen molar-refractivity contribution in [3.05, 3.63) is 54.5 Å². The summed E-state index contributed by atoms with van der Waals surface area (Å²) >= 11 is 0. The fourth-order valence-electron chi connectivity index (χ4n) is 2.50. The van der Waals surface area contributed by atoms with E-state index in [-0.39, 0.29) is 18.1 Å². The average molecular weight is 364 g/mol. The van der Waals surface area contributed by atoms with E-state index in [1.165, 1.54) is 25.3 Å². The molecule has 1 aromatic heterocycles. The molecule has 0 unspecified atom stereocenters. The molecule has 3 amide bonds. The predicted octanol–water partition coefficient (Wildman–Crippen LogP) is 1.46. The lowest BCUT2D eigenvalue weighted by molar-refractivity contribution is -0.131. The number of furan rings is 1. The van der Waals surface area contributed by atoms with Crippen molar-refractivity contribution in [1.82, 2.24) is 10.2 Å². The molecule has 132 valence electrons. The minimum atomic E-state index is -3.96. The number of benzene rings is 1. The van der Waals surface area contributed by atoms with E-state index in [0.717, 1.165) is 4.90 Å². The topological polar surface area (TPSA) is 106 Å². The third-order valence-corrected chi connectivity index (χ3v) is 4.95. The van der Waals surface area contributed by atoms with Gasteiger partial charge in [0, 0.05) is 6.54 Å². The van der Waals surface area contributed by atoms with Gasteiger partial charge in [0.25, 0.3) is 5.91 Å². The van der Waals surface area contributed by atoms with Gasteiger partial charge in [-0.2, -0.15) is 8.42 Å². The molecule has 8 nitrogen and oxygen atoms in total. The number of para-hydroxylation sites is 1. The zero-order chi connectivity index (χ0) is 18.1. The predicted molar refractivity (Wildman–Crippen MR) is 87.2 cm³/mol. The quantitative estimate of drug-likeness (QED) is 0.614. The van der Waals surface area contributed by atoms with E-state index in [0.29, 0.717) is 0 Å². The van der Waals surface area contributed by atoms with Crippen LogP contribution in [-0.2, 0) is 20.5 Å². The normalized spacial score (nSPS) is 20.6. The summed E-state index contributed by atoms with van der Waals surface area (Å²) in [4.78, 5) is 25.5. The standard InChI is InChI=1S/C16H16N2O6S/c1-16(13-8-5-10-23-13)14(19)18(15(20)17-16)9-11-25(21,22)24-12-6-3-2-4-7-12/h2-8,10H,9,11H2,1H3,(H,17,20)/t16-/m1/s1. The third-order valence-electron chi connectivity index (χ3n) is 3.82. The fourth-order valence-corrected chi connectivity index (χ4v) is 3.39. The van der Waals surface area contributed by atoms with Gasteiger partial charge in [0.15, 0.2) is 5.54 Å². The lowest BCUT2D eigenvalue weighted by atomic mass is 9.99. The zero-order valence-corrected chi connectivity index (χ0v) is 14.2. The number of urea groups is 1. The Morgan fingerprint density at radius 3 is 2.52 bits per heavy atom. The molecule has 0 aliphatic carbocycles. The van der Waals surface area contributed by atoms with Crippen molar-refractivity contribution in [3.8, 4) is 5.75 Å². The van der Waals surface area contributed by atoms with E-state index in [9.17, 15) is 18.0 Å². The SMILES string of the molecule is C[C@]1(c2ccco2)NC(=O)N(CCS(=O)(=O)Oc2ccccc2)C1=O. The minimum absolute atomic E-state index is 0.167. The number of amides is 3. The largest absolute Gasteiger partial charge is 0.466 e. The second-order valence-electron chi connectivity index (χ2n) is 5.65. The molecule has 2 heterocycles. The first-order valence-corrected chi connectivity index (χ1v) is 9.05. The molecular weight excluding hydrogens is 348 g/mol. The lowest BCUT2D eigenvalue weighted by Gasteiger charge is -2.19. The Kier molecular flexibility index (Phi) is 4.25. The van der Waals surface area contributed by atoms with E-state index in [1.54, 1.807) is 30.3 Å². The summed E-state index contributed by atoms with van der Waals surface area (Å²) in [6, 6.07) is 10.5. The number of nitrogens with one attached hydrogen (secondary N) is 1. The average Bonchev–Trinajstić information content (AvgIpc) is 3.16. The van der Waals surface area contributed by atoms with Crippen LogP contribution in [0.4, 0.5) is 4.79 Å². The number of imide groups is 1. The van der Waals surface area contributed by atoms with Crippen LogP contribution < -0.4 is 9.50 Å². The third kappa shape index (κ3) is 3.36. The van der Waals surface area contributed by atoms with Crippen LogP contribution in [0.1, 0.15) is 12.7 Å². The van der Waals surface area contributed by atoms with Gasteiger partial charge in [0.1, 0.15) is 17.3 Å². The summed E-state index contributed by atoms with van der Waals surface area (Å²) in [5.41, 5.74) is -1.36. The second-order valence-corrected chi connectivity index (χ2v) is 7.34. The highest BCUT2D eigenvalue weighted by molar-refractivity contribution is 7.87. The van der Waals surface area contributed by atoms with Crippen LogP contribution in [0.15, 0.2) is 53.1 Å². The number of hydrogen-bond donors (Lipinski definition) is 1. The summed E-state index contributed by atoms with van der Waals surface area (Å²) in [5, 5.41) is 2.53. The Bertz CT molecular complexity index is 879. The monoisotopic (exact) mass is 364 g/mol. The van der Waals surface area contributed by atoms with E-state index < -0.39 is 33.3 Å². The van der Waals surface area contributed by atoms with Gasteiger partial charge in [0.2, 0.25) is 0 Å². The fraction of sp³-hybridized carbons (Fsp3) is 0.250. The highest BCUT2D eigenvalue weighted by Gasteiger charge is 2.51. The van der Waals surface area contributed by atoms with Gasteiger partial charge in [-0.05, 0) is 31.2 Å². The van der Waals surface area contributed by atoms with E-state index >= 15 is 0 Å². The van der Waals surface area contributed by atoms with E-state index in [1.807, 2.05) is 0 Å². The van der Waals surface area contributed by atoms with Crippen molar-refractivity contribution in [2.45, 2.75) is 12.5 Å². The molecular formula is C16H16N2O6S. The Morgan fingerprint density at radius 2 is 1.88 bits per heavy atom. The highest BCUT2D eigenvalue weighted by Crippen LogP contribution is 2.29. The van der Waals surface area contributed by atoms with Crippen molar-refractivity contribution in [2.75, 3.05) is 12.3 Å². The molecule has 25 heavy (non-hydrogen) atoms. The van der Waals surface area contributed by atoms with Crippen molar-refractivity contribution < 1.29 is 26.6 Å². The van der Waals surface area contributed by atoms with Gasteiger partial charge in [-0.25, -0.2) is 4.79 Å². The molecule has 0 radical (unpaired) electrons. The van der Waals surface area contributed by atoms with Crippen LogP contribution in [0.3, 0.4) is 0 Å². The van der Waals surface area contributed by atoms with E-state index in [4.69, 9.17) is 8.60 Å². The number of carbonyl (C=O) groups is 2. The van der Waals surface area contributed by atoms with Gasteiger partial charge in [-0.15, -0.1) is 0 Å². The summed E-state index contributed by atoms with van der Waals surface area (Å²) < 4.78 is 34.2. The van der Waals surface area contributed by atoms with Crippen LogP contribution in [0.2, 0.25) is 0 Å². The summed E-state index contributed by atoms with van der Waals surface area (Å²) in [6.45, 7) is 1.18. The van der Waals surface area contributed by atoms with Gasteiger partial charge in [-0.1, -0.05) is 18.2 Å². The molecule has 2 aromatic rings. The number of carbonyl (C=O) groups excluding carboxylic acids is 2. The Hall–Kier alpha value is -2.81. The maximum Gasteiger partial charge on any atom is 0.325 e. The van der Waals surface area contributed by atoms with Gasteiger partial charge >= 0.3 is 16.1 Å². The Labute approximate surface area is 144 Å². The number of nitrogens with zero attached hydrogens (tertiary/aromatic N) is 1. The van der Waals surface area contributed by atoms with Crippen molar-refractivity contribution in [1.29, 1.82) is 0 Å². The van der Waals surface area contributed by atoms with Crippen LogP contribution in [0, 0.1) is 0 Å². The molecule has 1 aromatic carbocycles. The van der Waals surface area contributed by atoms with Crippen LogP contribution in [0.5, 0.6) is 5.75 Å². The van der Waals surface area contributed by atoms with Crippen molar-refractivity contribution in [3.63, 3.8) is 0 Å². The maximum atomic E-state index is 12.6. The van der Waals surface area contributed by atoms with Crippen LogP contribution >= 0.6 is 0 Å². The first-order chi connectivity index (χ1) is 11.8. The Morgan fingerprint density at radius 1 is 1.16 bits per heavy atom. The van der Waals surface area contributed by atoms with Crippen LogP contribution in [0.25, 0.3) is 0 Å². The summed E-state index contributed by atoms with van der Waals surface area (Å²) in [6.07, 6.45) is 1.39. The molecule has 0 spiro atoms. The molecule has 9 heteroatoms. The molecule has 0 bridgehead atoms. The van der Waals surface area contributed by atoms with Gasteiger partial charge < -0.3 is 13.9 Å². The van der Waals surface area contributed by atoms with Crippen LogP contribution in [-0.4, -0.2) is 37.6 Å². The molecule has 0 saturated carbocycles. The molecule has 1 aliphatic rings. The molecule has 1 fully saturated rings. The van der Waals surface area contributed by atoms with Crippen molar-refractivity contribution >= 4 is 22.1 Å². The summed E-state index contributed by atoms with van der Waals surface area (Å²) in [5.74, 6) is -0.658. The molecule has 1 aliphatic heterocycles. The Balaban J connectivity index is 1.69. The molecule has 1 N–H and O–H groups in total. The highest BCUT2D eigenvalue weighted by atomic mass is 32.2. The summed E-state index contributed by atoms with van der Waals surface area (Å²) in [7, 11) is -3.96. The van der Waals surface area contributed by atoms with Gasteiger partial charge in [0.05, 0.1) is 6.26 Å². The molecule has 3 rings (SSSR count). The van der Waals surface area contributed by atoms with E-state index in [2.05, 4.69) is 5.32 Å². The lowest BCUT2D eigenvalue weighted by Crippen LogP contribution is -2.41. The zero-order valence-electron chi connectivity index (χ0n) is 13.3. The minimum Gasteiger partial charge on any atom is -0.466 e. The second kappa shape index (κ2) is 6.25. The number of rotatable bonds is 6.